The number of aromatic nitrogens is 1. The van der Waals surface area contributed by atoms with E-state index in [1.807, 2.05) is 31.2 Å². The number of rotatable bonds is 6. The molecule has 1 heterocycles. The van der Waals surface area contributed by atoms with Gasteiger partial charge in [0.05, 0.1) is 18.5 Å². The number of aryl methyl sites for hydroxylation is 1. The number of hydrogen-bond donors (Lipinski definition) is 0. The van der Waals surface area contributed by atoms with E-state index in [9.17, 15) is 9.18 Å². The van der Waals surface area contributed by atoms with Crippen LogP contribution in [0.5, 0.6) is 5.75 Å². The minimum Gasteiger partial charge on any atom is -0.493 e. The van der Waals surface area contributed by atoms with Crippen LogP contribution in [0.15, 0.2) is 54.7 Å². The highest BCUT2D eigenvalue weighted by atomic mass is 19.1. The fraction of sp³-hybridized carbons (Fsp3) is 0.200. The molecule has 5 heteroatoms. The molecule has 0 aliphatic heterocycles. The van der Waals surface area contributed by atoms with Crippen LogP contribution < -0.4 is 4.74 Å². The third kappa shape index (κ3) is 4.32. The van der Waals surface area contributed by atoms with E-state index in [4.69, 9.17) is 9.47 Å². The first-order valence-corrected chi connectivity index (χ1v) is 8.01. The highest BCUT2D eigenvalue weighted by Gasteiger charge is 2.09. The average molecular weight is 339 g/mol. The van der Waals surface area contributed by atoms with E-state index >= 15 is 0 Å². The molecule has 1 aromatic heterocycles. The molecular formula is C20H18FNO3. The maximum atomic E-state index is 13.8. The Morgan fingerprint density at radius 2 is 1.92 bits per heavy atom. The van der Waals surface area contributed by atoms with Crippen LogP contribution in [0.1, 0.15) is 17.5 Å². The van der Waals surface area contributed by atoms with Crippen LogP contribution in [-0.4, -0.2) is 17.6 Å². The van der Waals surface area contributed by atoms with Crippen LogP contribution in [0.2, 0.25) is 0 Å². The van der Waals surface area contributed by atoms with Crippen molar-refractivity contribution in [1.29, 1.82) is 0 Å². The summed E-state index contributed by atoms with van der Waals surface area (Å²) in [6, 6.07) is 13.9. The third-order valence-electron chi connectivity index (χ3n) is 3.78. The molecule has 0 spiro atoms. The van der Waals surface area contributed by atoms with Crippen molar-refractivity contribution < 1.29 is 18.7 Å². The minimum absolute atomic E-state index is 0.0527. The van der Waals surface area contributed by atoms with E-state index in [0.717, 1.165) is 5.56 Å². The van der Waals surface area contributed by atoms with E-state index in [2.05, 4.69) is 4.98 Å². The number of hydrogen-bond acceptors (Lipinski definition) is 4. The Labute approximate surface area is 145 Å². The van der Waals surface area contributed by atoms with Gasteiger partial charge in [0.1, 0.15) is 18.2 Å². The number of halogens is 1. The van der Waals surface area contributed by atoms with Crippen molar-refractivity contribution in [2.24, 2.45) is 0 Å². The first-order chi connectivity index (χ1) is 12.1. The Bertz CT molecular complexity index is 878. The van der Waals surface area contributed by atoms with Crippen molar-refractivity contribution in [1.82, 2.24) is 4.98 Å². The maximum absolute atomic E-state index is 13.8. The molecule has 4 nitrogen and oxygen atoms in total. The largest absolute Gasteiger partial charge is 0.493 e. The fourth-order valence-corrected chi connectivity index (χ4v) is 2.43. The molecule has 3 rings (SSSR count). The van der Waals surface area contributed by atoms with Gasteiger partial charge in [-0.1, -0.05) is 23.8 Å². The van der Waals surface area contributed by atoms with Gasteiger partial charge in [0.25, 0.3) is 0 Å². The minimum atomic E-state index is -0.375. The van der Waals surface area contributed by atoms with Gasteiger partial charge in [0.15, 0.2) is 0 Å². The molecule has 0 saturated carbocycles. The molecule has 0 N–H and O–H groups in total. The highest BCUT2D eigenvalue weighted by molar-refractivity contribution is 5.82. The normalized spacial score (nSPS) is 10.6. The predicted octanol–water partition coefficient (Wildman–Crippen LogP) is 4.19. The lowest BCUT2D eigenvalue weighted by Gasteiger charge is -2.09. The van der Waals surface area contributed by atoms with Crippen molar-refractivity contribution in [2.45, 2.75) is 20.0 Å². The van der Waals surface area contributed by atoms with Gasteiger partial charge in [-0.15, -0.1) is 0 Å². The second-order valence-electron chi connectivity index (χ2n) is 5.68. The first kappa shape index (κ1) is 16.9. The molecule has 0 radical (unpaired) electrons. The second-order valence-corrected chi connectivity index (χ2v) is 5.68. The van der Waals surface area contributed by atoms with Crippen molar-refractivity contribution in [3.05, 3.63) is 71.7 Å². The van der Waals surface area contributed by atoms with Crippen LogP contribution in [0, 0.1) is 12.7 Å². The summed E-state index contributed by atoms with van der Waals surface area (Å²) in [5, 5.41) is 0.416. The monoisotopic (exact) mass is 339 g/mol. The number of carbonyl (C=O) groups excluding carboxylic acids is 1. The molecule has 0 amide bonds. The summed E-state index contributed by atoms with van der Waals surface area (Å²) in [4.78, 5) is 16.0. The molecule has 0 bridgehead atoms. The molecule has 0 saturated heterocycles. The standard InChI is InChI=1S/C20H18FNO3/c1-14-4-7-16(8-5-14)24-12-10-19(23)25-13-15-6-9-18(21)17-3-2-11-22-20(15)17/h2-9,11H,10,12-13H2,1H3. The van der Waals surface area contributed by atoms with Crippen molar-refractivity contribution in [3.8, 4) is 5.75 Å². The average Bonchev–Trinajstić information content (AvgIpc) is 2.63. The van der Waals surface area contributed by atoms with Crippen LogP contribution in [-0.2, 0) is 16.1 Å². The Hall–Kier alpha value is -2.95. The van der Waals surface area contributed by atoms with Gasteiger partial charge in [0.2, 0.25) is 0 Å². The summed E-state index contributed by atoms with van der Waals surface area (Å²) < 4.78 is 24.5. The quantitative estimate of drug-likeness (QED) is 0.632. The smallest absolute Gasteiger partial charge is 0.309 e. The van der Waals surface area contributed by atoms with Crippen LogP contribution in [0.3, 0.4) is 0 Å². The topological polar surface area (TPSA) is 48.4 Å². The molecule has 0 aliphatic carbocycles. The molecular weight excluding hydrogens is 321 g/mol. The predicted molar refractivity (Wildman–Crippen MR) is 92.8 cm³/mol. The lowest BCUT2D eigenvalue weighted by Crippen LogP contribution is -2.10. The number of ether oxygens (including phenoxy) is 2. The highest BCUT2D eigenvalue weighted by Crippen LogP contribution is 2.20. The number of esters is 1. The van der Waals surface area contributed by atoms with Gasteiger partial charge in [0, 0.05) is 17.1 Å². The summed E-state index contributed by atoms with van der Waals surface area (Å²) in [6.07, 6.45) is 1.73. The van der Waals surface area contributed by atoms with Crippen molar-refractivity contribution >= 4 is 16.9 Å². The van der Waals surface area contributed by atoms with E-state index in [0.29, 0.717) is 22.2 Å². The molecule has 0 fully saturated rings. The SMILES string of the molecule is Cc1ccc(OCCC(=O)OCc2ccc(F)c3cccnc23)cc1. The van der Waals surface area contributed by atoms with Crippen molar-refractivity contribution in [2.75, 3.05) is 6.61 Å². The number of nitrogens with zero attached hydrogens (tertiary/aromatic N) is 1. The lowest BCUT2D eigenvalue weighted by molar-refractivity contribution is -0.145. The zero-order valence-corrected chi connectivity index (χ0v) is 13.9. The van der Waals surface area contributed by atoms with Gasteiger partial charge < -0.3 is 9.47 Å². The van der Waals surface area contributed by atoms with Gasteiger partial charge in [-0.25, -0.2) is 4.39 Å². The van der Waals surface area contributed by atoms with Gasteiger partial charge in [-0.3, -0.25) is 9.78 Å². The van der Waals surface area contributed by atoms with Crippen molar-refractivity contribution in [3.63, 3.8) is 0 Å². The van der Waals surface area contributed by atoms with Crippen LogP contribution in [0.25, 0.3) is 10.9 Å². The molecule has 2 aromatic carbocycles. The molecule has 0 aliphatic rings. The van der Waals surface area contributed by atoms with Crippen LogP contribution >= 0.6 is 0 Å². The molecule has 3 aromatic rings. The van der Waals surface area contributed by atoms with E-state index < -0.39 is 0 Å². The molecule has 0 unspecified atom stereocenters. The second kappa shape index (κ2) is 7.75. The fourth-order valence-electron chi connectivity index (χ4n) is 2.43. The number of fused-ring (bicyclic) bond motifs is 1. The molecule has 25 heavy (non-hydrogen) atoms. The van der Waals surface area contributed by atoms with Gasteiger partial charge in [-0.05, 0) is 37.3 Å². The van der Waals surface area contributed by atoms with E-state index in [-0.39, 0.29) is 31.4 Å². The molecule has 0 atom stereocenters. The van der Waals surface area contributed by atoms with E-state index in [1.165, 1.54) is 6.07 Å². The Morgan fingerprint density at radius 1 is 1.12 bits per heavy atom. The number of pyridine rings is 1. The van der Waals surface area contributed by atoms with Gasteiger partial charge in [-0.2, -0.15) is 0 Å². The zero-order chi connectivity index (χ0) is 17.6. The Kier molecular flexibility index (Phi) is 5.23. The summed E-state index contributed by atoms with van der Waals surface area (Å²) in [5.74, 6) is -0.00248. The maximum Gasteiger partial charge on any atom is 0.309 e. The Morgan fingerprint density at radius 3 is 2.72 bits per heavy atom. The molecule has 128 valence electrons. The first-order valence-electron chi connectivity index (χ1n) is 8.01. The lowest BCUT2D eigenvalue weighted by atomic mass is 10.1. The number of benzene rings is 2. The van der Waals surface area contributed by atoms with Crippen LogP contribution in [0.4, 0.5) is 4.39 Å². The number of carbonyl (C=O) groups is 1. The summed E-state index contributed by atoms with van der Waals surface area (Å²) in [7, 11) is 0. The summed E-state index contributed by atoms with van der Waals surface area (Å²) in [5.41, 5.74) is 2.32. The van der Waals surface area contributed by atoms with Gasteiger partial charge >= 0.3 is 5.97 Å². The zero-order valence-electron chi connectivity index (χ0n) is 13.9. The third-order valence-corrected chi connectivity index (χ3v) is 3.78. The van der Waals surface area contributed by atoms with E-state index in [1.54, 1.807) is 24.4 Å². The summed E-state index contributed by atoms with van der Waals surface area (Å²) >= 11 is 0. The Balaban J connectivity index is 1.52. The summed E-state index contributed by atoms with van der Waals surface area (Å²) in [6.45, 7) is 2.29.